The molecular formula is C18H24N4O3. The van der Waals surface area contributed by atoms with Gasteiger partial charge in [-0.15, -0.1) is 0 Å². The molecular weight excluding hydrogens is 320 g/mol. The van der Waals surface area contributed by atoms with Gasteiger partial charge >= 0.3 is 6.09 Å². The van der Waals surface area contributed by atoms with Crippen molar-refractivity contribution in [2.75, 3.05) is 18.8 Å². The fraction of sp³-hybridized carbons (Fsp3) is 0.500. The number of para-hydroxylation sites is 2. The fourth-order valence-corrected chi connectivity index (χ4v) is 2.72. The Morgan fingerprint density at radius 3 is 2.36 bits per heavy atom. The van der Waals surface area contributed by atoms with E-state index in [9.17, 15) is 4.79 Å². The summed E-state index contributed by atoms with van der Waals surface area (Å²) in [5.74, 6) is 0.641. The second-order valence-corrected chi connectivity index (χ2v) is 7.19. The lowest BCUT2D eigenvalue weighted by Crippen LogP contribution is -2.44. The number of nitrogen functional groups attached to an aromatic ring is 1. The number of rotatable bonds is 2. The van der Waals surface area contributed by atoms with Gasteiger partial charge < -0.3 is 20.1 Å². The first-order chi connectivity index (χ1) is 11.8. The number of carbonyl (C=O) groups excluding carboxylic acids is 1. The van der Waals surface area contributed by atoms with E-state index < -0.39 is 5.60 Å². The summed E-state index contributed by atoms with van der Waals surface area (Å²) in [7, 11) is 0. The fourth-order valence-electron chi connectivity index (χ4n) is 2.72. The lowest BCUT2D eigenvalue weighted by Gasteiger charge is -2.33. The highest BCUT2D eigenvalue weighted by Crippen LogP contribution is 2.25. The van der Waals surface area contributed by atoms with Crippen molar-refractivity contribution in [3.63, 3.8) is 0 Å². The maximum atomic E-state index is 12.1. The Morgan fingerprint density at radius 1 is 1.16 bits per heavy atom. The van der Waals surface area contributed by atoms with Gasteiger partial charge in [-0.2, -0.15) is 0 Å². The summed E-state index contributed by atoms with van der Waals surface area (Å²) in [6, 6.07) is 7.53. The summed E-state index contributed by atoms with van der Waals surface area (Å²) in [6.07, 6.45) is 1.08. The van der Waals surface area contributed by atoms with E-state index in [0.29, 0.717) is 31.8 Å². The molecule has 1 aromatic heterocycles. The number of amides is 1. The number of carbonyl (C=O) groups is 1. The van der Waals surface area contributed by atoms with Crippen LogP contribution in [0, 0.1) is 0 Å². The minimum atomic E-state index is -0.487. The van der Waals surface area contributed by atoms with Gasteiger partial charge in [0.25, 0.3) is 5.88 Å². The molecule has 7 heteroatoms. The molecule has 7 nitrogen and oxygen atoms in total. The Bertz CT molecular complexity index is 764. The van der Waals surface area contributed by atoms with Gasteiger partial charge in [0.15, 0.2) is 5.82 Å². The van der Waals surface area contributed by atoms with Crippen LogP contribution in [0.5, 0.6) is 5.88 Å². The average Bonchev–Trinajstić information content (AvgIpc) is 2.54. The predicted octanol–water partition coefficient (Wildman–Crippen LogP) is 2.99. The Balaban J connectivity index is 1.61. The third kappa shape index (κ3) is 4.29. The van der Waals surface area contributed by atoms with Crippen molar-refractivity contribution in [1.82, 2.24) is 14.9 Å². The lowest BCUT2D eigenvalue weighted by atomic mass is 10.1. The maximum Gasteiger partial charge on any atom is 0.410 e. The van der Waals surface area contributed by atoms with Crippen molar-refractivity contribution >= 4 is 22.9 Å². The molecule has 0 bridgehead atoms. The van der Waals surface area contributed by atoms with Crippen LogP contribution in [0.25, 0.3) is 11.0 Å². The van der Waals surface area contributed by atoms with E-state index in [2.05, 4.69) is 9.97 Å². The molecule has 2 heterocycles. The summed E-state index contributed by atoms with van der Waals surface area (Å²) >= 11 is 0. The standard InChI is InChI=1S/C18H24N4O3/c1-18(2,3)25-17(23)22-10-8-12(9-11-22)24-16-15(19)20-13-6-4-5-7-14(13)21-16/h4-7,12H,8-11H2,1-3H3,(H2,19,20). The number of hydrogen-bond acceptors (Lipinski definition) is 6. The van der Waals surface area contributed by atoms with Gasteiger partial charge in [0.2, 0.25) is 0 Å². The van der Waals surface area contributed by atoms with Crippen LogP contribution >= 0.6 is 0 Å². The van der Waals surface area contributed by atoms with Crippen LogP contribution in [0.4, 0.5) is 10.6 Å². The summed E-state index contributed by atoms with van der Waals surface area (Å²) in [6.45, 7) is 6.76. The highest BCUT2D eigenvalue weighted by atomic mass is 16.6. The first-order valence-corrected chi connectivity index (χ1v) is 8.49. The van der Waals surface area contributed by atoms with Crippen molar-refractivity contribution in [2.24, 2.45) is 0 Å². The van der Waals surface area contributed by atoms with Crippen LogP contribution in [-0.4, -0.2) is 45.8 Å². The zero-order valence-corrected chi connectivity index (χ0v) is 14.9. The first-order valence-electron chi connectivity index (χ1n) is 8.49. The van der Waals surface area contributed by atoms with E-state index in [1.807, 2.05) is 45.0 Å². The van der Waals surface area contributed by atoms with Crippen LogP contribution in [0.15, 0.2) is 24.3 Å². The number of aromatic nitrogens is 2. The van der Waals surface area contributed by atoms with Crippen molar-refractivity contribution in [2.45, 2.75) is 45.3 Å². The van der Waals surface area contributed by atoms with E-state index >= 15 is 0 Å². The van der Waals surface area contributed by atoms with Gasteiger partial charge in [-0.05, 0) is 32.9 Å². The third-order valence-corrected chi connectivity index (χ3v) is 3.94. The highest BCUT2D eigenvalue weighted by Gasteiger charge is 2.28. The Hall–Kier alpha value is -2.57. The Labute approximate surface area is 147 Å². The molecule has 0 saturated carbocycles. The van der Waals surface area contributed by atoms with Crippen LogP contribution in [0.2, 0.25) is 0 Å². The third-order valence-electron chi connectivity index (χ3n) is 3.94. The summed E-state index contributed by atoms with van der Waals surface area (Å²) < 4.78 is 11.3. The first kappa shape index (κ1) is 17.3. The lowest BCUT2D eigenvalue weighted by molar-refractivity contribution is 0.0123. The molecule has 1 saturated heterocycles. The van der Waals surface area contributed by atoms with Crippen molar-refractivity contribution in [1.29, 1.82) is 0 Å². The molecule has 1 aliphatic heterocycles. The zero-order chi connectivity index (χ0) is 18.0. The largest absolute Gasteiger partial charge is 0.472 e. The van der Waals surface area contributed by atoms with Crippen LogP contribution in [-0.2, 0) is 4.74 Å². The SMILES string of the molecule is CC(C)(C)OC(=O)N1CCC(Oc2nc3ccccc3nc2N)CC1. The van der Waals surface area contributed by atoms with Crippen LogP contribution in [0.3, 0.4) is 0 Å². The minimum Gasteiger partial charge on any atom is -0.472 e. The van der Waals surface area contributed by atoms with Gasteiger partial charge in [0, 0.05) is 25.9 Å². The number of anilines is 1. The molecule has 134 valence electrons. The molecule has 0 radical (unpaired) electrons. The summed E-state index contributed by atoms with van der Waals surface area (Å²) in [5, 5.41) is 0. The Kier molecular flexibility index (Phi) is 4.65. The Morgan fingerprint density at radius 2 is 1.76 bits per heavy atom. The maximum absolute atomic E-state index is 12.1. The van der Waals surface area contributed by atoms with Crippen LogP contribution in [0.1, 0.15) is 33.6 Å². The van der Waals surface area contributed by atoms with Crippen molar-refractivity contribution in [3.05, 3.63) is 24.3 Å². The molecule has 2 aromatic rings. The van der Waals surface area contributed by atoms with Gasteiger partial charge in [0.05, 0.1) is 11.0 Å². The van der Waals surface area contributed by atoms with E-state index in [1.165, 1.54) is 0 Å². The second kappa shape index (κ2) is 6.74. The van der Waals surface area contributed by atoms with Gasteiger partial charge in [0.1, 0.15) is 11.7 Å². The van der Waals surface area contributed by atoms with E-state index in [1.54, 1.807) is 4.90 Å². The number of piperidine rings is 1. The normalized spacial score (nSPS) is 16.0. The summed E-state index contributed by atoms with van der Waals surface area (Å²) in [4.78, 5) is 22.6. The molecule has 0 unspecified atom stereocenters. The number of fused-ring (bicyclic) bond motifs is 1. The molecule has 2 N–H and O–H groups in total. The molecule has 1 aromatic carbocycles. The number of likely N-dealkylation sites (tertiary alicyclic amines) is 1. The predicted molar refractivity (Wildman–Crippen MR) is 95.4 cm³/mol. The van der Waals surface area contributed by atoms with Gasteiger partial charge in [-0.25, -0.2) is 14.8 Å². The molecule has 25 heavy (non-hydrogen) atoms. The number of nitrogens with zero attached hydrogens (tertiary/aromatic N) is 3. The number of nitrogens with two attached hydrogens (primary N) is 1. The molecule has 1 amide bonds. The van der Waals surface area contributed by atoms with E-state index in [-0.39, 0.29) is 18.0 Å². The second-order valence-electron chi connectivity index (χ2n) is 7.19. The topological polar surface area (TPSA) is 90.6 Å². The molecule has 0 spiro atoms. The zero-order valence-electron chi connectivity index (χ0n) is 14.9. The number of hydrogen-bond donors (Lipinski definition) is 1. The van der Waals surface area contributed by atoms with Gasteiger partial charge in [-0.1, -0.05) is 12.1 Å². The highest BCUT2D eigenvalue weighted by molar-refractivity contribution is 5.76. The molecule has 1 fully saturated rings. The smallest absolute Gasteiger partial charge is 0.410 e. The number of benzene rings is 1. The summed E-state index contributed by atoms with van der Waals surface area (Å²) in [5.41, 5.74) is 6.97. The molecule has 0 atom stereocenters. The van der Waals surface area contributed by atoms with Gasteiger partial charge in [-0.3, -0.25) is 0 Å². The monoisotopic (exact) mass is 344 g/mol. The average molecular weight is 344 g/mol. The van der Waals surface area contributed by atoms with Crippen molar-refractivity contribution in [3.8, 4) is 5.88 Å². The van der Waals surface area contributed by atoms with E-state index in [0.717, 1.165) is 11.0 Å². The molecule has 0 aliphatic carbocycles. The number of ether oxygens (including phenoxy) is 2. The van der Waals surface area contributed by atoms with E-state index in [4.69, 9.17) is 15.2 Å². The minimum absolute atomic E-state index is 0.0450. The molecule has 3 rings (SSSR count). The quantitative estimate of drug-likeness (QED) is 0.900. The van der Waals surface area contributed by atoms with Crippen molar-refractivity contribution < 1.29 is 14.3 Å². The van der Waals surface area contributed by atoms with Crippen LogP contribution < -0.4 is 10.5 Å². The molecule has 1 aliphatic rings.